The number of hydrogen-bond donors (Lipinski definition) is 1. The van der Waals surface area contributed by atoms with Crippen LogP contribution in [-0.4, -0.2) is 29.3 Å². The van der Waals surface area contributed by atoms with Crippen molar-refractivity contribution in [2.24, 2.45) is 0 Å². The third kappa shape index (κ3) is 4.89. The van der Waals surface area contributed by atoms with Gasteiger partial charge in [-0.2, -0.15) is 0 Å². The molecule has 0 atom stereocenters. The summed E-state index contributed by atoms with van der Waals surface area (Å²) in [6.07, 6.45) is 0. The molecule has 120 valence electrons. The molecule has 0 aromatic heterocycles. The molecular formula is C17H19N3O3. The van der Waals surface area contributed by atoms with E-state index in [0.717, 1.165) is 11.3 Å². The molecule has 2 aromatic rings. The Morgan fingerprint density at radius 2 is 1.83 bits per heavy atom. The first-order valence-corrected chi connectivity index (χ1v) is 7.23. The molecule has 0 heterocycles. The van der Waals surface area contributed by atoms with Crippen LogP contribution < -0.4 is 5.32 Å². The highest BCUT2D eigenvalue weighted by molar-refractivity contribution is 5.92. The molecule has 0 saturated carbocycles. The van der Waals surface area contributed by atoms with Crippen molar-refractivity contribution in [1.82, 2.24) is 4.90 Å². The summed E-state index contributed by atoms with van der Waals surface area (Å²) >= 11 is 0. The summed E-state index contributed by atoms with van der Waals surface area (Å²) in [5, 5.41) is 13.8. The average Bonchev–Trinajstić information content (AvgIpc) is 2.49. The molecule has 0 bridgehead atoms. The van der Waals surface area contributed by atoms with E-state index in [0.29, 0.717) is 12.1 Å². The van der Waals surface area contributed by atoms with Crippen molar-refractivity contribution in [3.05, 3.63) is 69.8 Å². The quantitative estimate of drug-likeness (QED) is 0.657. The predicted octanol–water partition coefficient (Wildman–Crippen LogP) is 2.97. The lowest BCUT2D eigenvalue weighted by Crippen LogP contribution is -2.30. The van der Waals surface area contributed by atoms with Gasteiger partial charge in [-0.3, -0.25) is 19.8 Å². The van der Waals surface area contributed by atoms with Gasteiger partial charge in [0.1, 0.15) is 0 Å². The second-order valence-electron chi connectivity index (χ2n) is 5.47. The molecule has 0 saturated heterocycles. The topological polar surface area (TPSA) is 75.5 Å². The van der Waals surface area contributed by atoms with Crippen molar-refractivity contribution in [1.29, 1.82) is 0 Å². The Morgan fingerprint density at radius 3 is 2.48 bits per heavy atom. The van der Waals surface area contributed by atoms with Crippen LogP contribution in [-0.2, 0) is 11.3 Å². The van der Waals surface area contributed by atoms with Crippen molar-refractivity contribution < 1.29 is 9.72 Å². The predicted molar refractivity (Wildman–Crippen MR) is 89.2 cm³/mol. The van der Waals surface area contributed by atoms with Gasteiger partial charge in [0.15, 0.2) is 0 Å². The maximum absolute atomic E-state index is 12.0. The number of amides is 1. The van der Waals surface area contributed by atoms with Gasteiger partial charge in [0.25, 0.3) is 5.69 Å². The van der Waals surface area contributed by atoms with Crippen LogP contribution in [0.25, 0.3) is 0 Å². The van der Waals surface area contributed by atoms with E-state index in [1.54, 1.807) is 30.1 Å². The minimum absolute atomic E-state index is 0.0679. The number of nitro benzene ring substituents is 1. The molecular weight excluding hydrogens is 294 g/mol. The second kappa shape index (κ2) is 7.51. The van der Waals surface area contributed by atoms with Crippen molar-refractivity contribution in [2.75, 3.05) is 18.9 Å². The van der Waals surface area contributed by atoms with E-state index in [9.17, 15) is 14.9 Å². The number of carbonyl (C=O) groups is 1. The zero-order valence-corrected chi connectivity index (χ0v) is 13.2. The number of nitrogens with zero attached hydrogens (tertiary/aromatic N) is 2. The van der Waals surface area contributed by atoms with Gasteiger partial charge in [0.2, 0.25) is 5.91 Å². The van der Waals surface area contributed by atoms with Gasteiger partial charge in [-0.15, -0.1) is 0 Å². The number of rotatable bonds is 6. The Hall–Kier alpha value is -2.73. The molecule has 0 spiro atoms. The number of aryl methyl sites for hydroxylation is 1. The summed E-state index contributed by atoms with van der Waals surface area (Å²) in [6, 6.07) is 14.1. The zero-order chi connectivity index (χ0) is 16.8. The fraction of sp³-hybridized carbons (Fsp3) is 0.235. The highest BCUT2D eigenvalue weighted by Crippen LogP contribution is 2.19. The largest absolute Gasteiger partial charge is 0.325 e. The van der Waals surface area contributed by atoms with Gasteiger partial charge in [-0.1, -0.05) is 35.9 Å². The molecule has 2 rings (SSSR count). The molecule has 6 nitrogen and oxygen atoms in total. The number of likely N-dealkylation sites (N-methyl/N-ethyl adjacent to an activating group) is 1. The molecule has 0 aliphatic rings. The van der Waals surface area contributed by atoms with Crippen LogP contribution in [0.4, 0.5) is 11.4 Å². The Morgan fingerprint density at radius 1 is 1.17 bits per heavy atom. The number of benzene rings is 2. The minimum atomic E-state index is -0.407. The Balaban J connectivity index is 1.94. The van der Waals surface area contributed by atoms with E-state index in [-0.39, 0.29) is 18.1 Å². The molecule has 0 aliphatic heterocycles. The minimum Gasteiger partial charge on any atom is -0.325 e. The first-order valence-electron chi connectivity index (χ1n) is 7.23. The number of hydrogen-bond acceptors (Lipinski definition) is 4. The lowest BCUT2D eigenvalue weighted by Gasteiger charge is -2.16. The van der Waals surface area contributed by atoms with E-state index >= 15 is 0 Å². The molecule has 1 N–H and O–H groups in total. The summed E-state index contributed by atoms with van der Waals surface area (Å²) in [5.74, 6) is -0.157. The lowest BCUT2D eigenvalue weighted by molar-refractivity contribution is -0.385. The van der Waals surface area contributed by atoms with Gasteiger partial charge in [0, 0.05) is 23.9 Å². The van der Waals surface area contributed by atoms with Crippen molar-refractivity contribution >= 4 is 17.3 Å². The van der Waals surface area contributed by atoms with Crippen LogP contribution in [0.15, 0.2) is 48.5 Å². The van der Waals surface area contributed by atoms with Crippen LogP contribution >= 0.6 is 0 Å². The molecule has 23 heavy (non-hydrogen) atoms. The first kappa shape index (κ1) is 16.6. The Bertz CT molecular complexity index is 698. The van der Waals surface area contributed by atoms with Crippen molar-refractivity contribution in [2.45, 2.75) is 13.5 Å². The maximum Gasteiger partial charge on any atom is 0.273 e. The molecule has 6 heteroatoms. The van der Waals surface area contributed by atoms with Gasteiger partial charge in [0.05, 0.1) is 11.5 Å². The van der Waals surface area contributed by atoms with Crippen LogP contribution in [0, 0.1) is 17.0 Å². The molecule has 0 unspecified atom stereocenters. The van der Waals surface area contributed by atoms with Crippen LogP contribution in [0.1, 0.15) is 11.1 Å². The van der Waals surface area contributed by atoms with Crippen LogP contribution in [0.5, 0.6) is 0 Å². The molecule has 1 amide bonds. The molecule has 0 radical (unpaired) electrons. The van der Waals surface area contributed by atoms with Crippen molar-refractivity contribution in [3.63, 3.8) is 0 Å². The number of nitrogens with one attached hydrogen (secondary N) is 1. The first-order chi connectivity index (χ1) is 11.0. The van der Waals surface area contributed by atoms with Crippen LogP contribution in [0.3, 0.4) is 0 Å². The summed E-state index contributed by atoms with van der Waals surface area (Å²) in [4.78, 5) is 24.4. The fourth-order valence-corrected chi connectivity index (χ4v) is 2.25. The third-order valence-corrected chi connectivity index (χ3v) is 3.38. The summed E-state index contributed by atoms with van der Waals surface area (Å²) < 4.78 is 0. The molecule has 0 aliphatic carbocycles. The van der Waals surface area contributed by atoms with Gasteiger partial charge in [-0.25, -0.2) is 0 Å². The average molecular weight is 313 g/mol. The van der Waals surface area contributed by atoms with Gasteiger partial charge >= 0.3 is 0 Å². The Kier molecular flexibility index (Phi) is 5.43. The number of carbonyl (C=O) groups excluding carboxylic acids is 1. The smallest absolute Gasteiger partial charge is 0.273 e. The van der Waals surface area contributed by atoms with E-state index < -0.39 is 4.92 Å². The van der Waals surface area contributed by atoms with E-state index in [2.05, 4.69) is 5.32 Å². The summed E-state index contributed by atoms with van der Waals surface area (Å²) in [7, 11) is 1.76. The number of para-hydroxylation sites is 1. The fourth-order valence-electron chi connectivity index (χ4n) is 2.25. The molecule has 2 aromatic carbocycles. The maximum atomic E-state index is 12.0. The van der Waals surface area contributed by atoms with Crippen LogP contribution in [0.2, 0.25) is 0 Å². The van der Waals surface area contributed by atoms with Crippen molar-refractivity contribution in [3.8, 4) is 0 Å². The number of anilines is 1. The third-order valence-electron chi connectivity index (χ3n) is 3.38. The van der Waals surface area contributed by atoms with Gasteiger partial charge in [-0.05, 0) is 26.1 Å². The standard InChI is InChI=1S/C17H19N3O3/c1-13-7-9-15(10-8-13)18-17(21)12-19(2)11-14-5-3-4-6-16(14)20(22)23/h3-10H,11-12H2,1-2H3,(H,18,21). The molecule has 0 fully saturated rings. The van der Waals surface area contributed by atoms with Gasteiger partial charge < -0.3 is 5.32 Å². The van der Waals surface area contributed by atoms with E-state index in [1.807, 2.05) is 31.2 Å². The second-order valence-corrected chi connectivity index (χ2v) is 5.47. The van der Waals surface area contributed by atoms with E-state index in [4.69, 9.17) is 0 Å². The summed E-state index contributed by atoms with van der Waals surface area (Å²) in [6.45, 7) is 2.46. The lowest BCUT2D eigenvalue weighted by atomic mass is 10.1. The zero-order valence-electron chi connectivity index (χ0n) is 13.2. The Labute approximate surface area is 134 Å². The highest BCUT2D eigenvalue weighted by Gasteiger charge is 2.15. The highest BCUT2D eigenvalue weighted by atomic mass is 16.6. The summed E-state index contributed by atoms with van der Waals surface area (Å²) in [5.41, 5.74) is 2.51. The monoisotopic (exact) mass is 313 g/mol. The SMILES string of the molecule is Cc1ccc(NC(=O)CN(C)Cc2ccccc2[N+](=O)[O-])cc1. The normalized spacial score (nSPS) is 10.6. The number of nitro groups is 1. The van der Waals surface area contributed by atoms with E-state index in [1.165, 1.54) is 6.07 Å².